The van der Waals surface area contributed by atoms with Crippen LogP contribution < -0.4 is 0 Å². The molecule has 1 heterocycles. The van der Waals surface area contributed by atoms with Gasteiger partial charge in [-0.3, -0.25) is 4.79 Å². The predicted molar refractivity (Wildman–Crippen MR) is 69.4 cm³/mol. The molecule has 2 unspecified atom stereocenters. The van der Waals surface area contributed by atoms with Crippen LogP contribution in [0.2, 0.25) is 0 Å². The quantitative estimate of drug-likeness (QED) is 0.879. The third kappa shape index (κ3) is 2.69. The van der Waals surface area contributed by atoms with Crippen LogP contribution >= 0.6 is 11.3 Å². The fourth-order valence-electron chi connectivity index (χ4n) is 2.42. The van der Waals surface area contributed by atoms with Crippen molar-refractivity contribution in [2.75, 3.05) is 7.05 Å². The molecule has 1 N–H and O–H groups in total. The van der Waals surface area contributed by atoms with Gasteiger partial charge in [0.2, 0.25) is 0 Å². The van der Waals surface area contributed by atoms with Crippen molar-refractivity contribution in [3.05, 3.63) is 21.9 Å². The second kappa shape index (κ2) is 5.19. The van der Waals surface area contributed by atoms with E-state index in [2.05, 4.69) is 0 Å². The van der Waals surface area contributed by atoms with Gasteiger partial charge in [-0.2, -0.15) is 0 Å². The van der Waals surface area contributed by atoms with Crippen molar-refractivity contribution in [1.82, 2.24) is 4.90 Å². The lowest BCUT2D eigenvalue weighted by molar-refractivity contribution is 0.0271. The minimum atomic E-state index is -0.362. The summed E-state index contributed by atoms with van der Waals surface area (Å²) in [7, 11) is 1.80. The first kappa shape index (κ1) is 12.6. The van der Waals surface area contributed by atoms with Crippen LogP contribution in [-0.2, 0) is 0 Å². The van der Waals surface area contributed by atoms with Gasteiger partial charge in [-0.05, 0) is 31.9 Å². The molecule has 0 radical (unpaired) electrons. The number of thiophene rings is 1. The number of hydrogen-bond donors (Lipinski definition) is 1. The number of likely N-dealkylation sites (N-methyl/N-ethyl adjacent to an activating group) is 1. The molecule has 0 bridgehead atoms. The van der Waals surface area contributed by atoms with Crippen LogP contribution in [0.3, 0.4) is 0 Å². The van der Waals surface area contributed by atoms with Gasteiger partial charge >= 0.3 is 0 Å². The lowest BCUT2D eigenvalue weighted by Gasteiger charge is -2.34. The fourth-order valence-corrected chi connectivity index (χ4v) is 3.27. The number of carbonyl (C=O) groups is 1. The summed E-state index contributed by atoms with van der Waals surface area (Å²) in [5.74, 6) is 0.0362. The highest BCUT2D eigenvalue weighted by molar-refractivity contribution is 7.13. The zero-order chi connectivity index (χ0) is 12.4. The molecule has 0 aliphatic heterocycles. The second-order valence-corrected chi connectivity index (χ2v) is 6.03. The number of nitrogens with zero attached hydrogens (tertiary/aromatic N) is 1. The number of rotatable bonds is 2. The van der Waals surface area contributed by atoms with Gasteiger partial charge in [0, 0.05) is 11.9 Å². The maximum Gasteiger partial charge on any atom is 0.264 e. The van der Waals surface area contributed by atoms with Gasteiger partial charge in [0.1, 0.15) is 0 Å². The highest BCUT2D eigenvalue weighted by atomic mass is 32.1. The number of aryl methyl sites for hydroxylation is 1. The monoisotopic (exact) mass is 253 g/mol. The van der Waals surface area contributed by atoms with Crippen LogP contribution in [0.15, 0.2) is 12.1 Å². The van der Waals surface area contributed by atoms with Crippen LogP contribution in [0, 0.1) is 6.92 Å². The Balaban J connectivity index is 2.08. The van der Waals surface area contributed by atoms with E-state index in [1.54, 1.807) is 11.9 Å². The summed E-state index contributed by atoms with van der Waals surface area (Å²) < 4.78 is 0. The summed E-state index contributed by atoms with van der Waals surface area (Å²) in [5.41, 5.74) is 0. The average molecular weight is 253 g/mol. The second-order valence-electron chi connectivity index (χ2n) is 4.75. The molecule has 17 heavy (non-hydrogen) atoms. The topological polar surface area (TPSA) is 40.5 Å². The van der Waals surface area contributed by atoms with Crippen molar-refractivity contribution in [1.29, 1.82) is 0 Å². The SMILES string of the molecule is Cc1ccc(C(=O)N(C)C2CCCCC2O)s1. The molecule has 1 saturated carbocycles. The van der Waals surface area contributed by atoms with Crippen LogP contribution in [0.4, 0.5) is 0 Å². The van der Waals surface area contributed by atoms with Crippen molar-refractivity contribution < 1.29 is 9.90 Å². The molecule has 1 aliphatic rings. The lowest BCUT2D eigenvalue weighted by Crippen LogP contribution is -2.46. The van der Waals surface area contributed by atoms with Crippen LogP contribution in [0.25, 0.3) is 0 Å². The Morgan fingerprint density at radius 1 is 1.41 bits per heavy atom. The number of aliphatic hydroxyl groups excluding tert-OH is 1. The molecule has 1 amide bonds. The highest BCUT2D eigenvalue weighted by Crippen LogP contribution is 2.25. The molecule has 1 aromatic heterocycles. The van der Waals surface area contributed by atoms with Crippen molar-refractivity contribution in [3.63, 3.8) is 0 Å². The van der Waals surface area contributed by atoms with Gasteiger partial charge in [0.25, 0.3) is 5.91 Å². The Bertz CT molecular complexity index is 402. The minimum absolute atomic E-state index is 0.0151. The normalized spacial score (nSPS) is 24.6. The molecular weight excluding hydrogens is 234 g/mol. The maximum atomic E-state index is 12.2. The molecule has 1 aromatic rings. The Hall–Kier alpha value is -0.870. The van der Waals surface area contributed by atoms with E-state index in [4.69, 9.17) is 0 Å². The fraction of sp³-hybridized carbons (Fsp3) is 0.615. The zero-order valence-electron chi connectivity index (χ0n) is 10.3. The molecule has 94 valence electrons. The summed E-state index contributed by atoms with van der Waals surface area (Å²) >= 11 is 1.52. The van der Waals surface area contributed by atoms with Crippen molar-refractivity contribution in [2.45, 2.75) is 44.8 Å². The number of carbonyl (C=O) groups excluding carboxylic acids is 1. The summed E-state index contributed by atoms with van der Waals surface area (Å²) in [5, 5.41) is 9.95. The van der Waals surface area contributed by atoms with E-state index in [-0.39, 0.29) is 18.1 Å². The molecule has 4 heteroatoms. The molecule has 1 fully saturated rings. The number of amides is 1. The van der Waals surface area contributed by atoms with Gasteiger partial charge in [0.05, 0.1) is 17.0 Å². The molecular formula is C13H19NO2S. The van der Waals surface area contributed by atoms with Gasteiger partial charge in [0.15, 0.2) is 0 Å². The van der Waals surface area contributed by atoms with Gasteiger partial charge < -0.3 is 10.0 Å². The largest absolute Gasteiger partial charge is 0.391 e. The summed E-state index contributed by atoms with van der Waals surface area (Å²) in [6, 6.07) is 3.82. The lowest BCUT2D eigenvalue weighted by atomic mass is 9.91. The van der Waals surface area contributed by atoms with E-state index in [1.807, 2.05) is 19.1 Å². The Morgan fingerprint density at radius 3 is 2.71 bits per heavy atom. The molecule has 2 rings (SSSR count). The average Bonchev–Trinajstić information content (AvgIpc) is 2.75. The van der Waals surface area contributed by atoms with E-state index >= 15 is 0 Å². The van der Waals surface area contributed by atoms with E-state index in [9.17, 15) is 9.90 Å². The van der Waals surface area contributed by atoms with E-state index in [1.165, 1.54) is 11.3 Å². The van der Waals surface area contributed by atoms with Crippen molar-refractivity contribution >= 4 is 17.2 Å². The Kier molecular flexibility index (Phi) is 3.84. The molecule has 2 atom stereocenters. The zero-order valence-corrected chi connectivity index (χ0v) is 11.2. The molecule has 0 aromatic carbocycles. The summed E-state index contributed by atoms with van der Waals surface area (Å²) in [6.07, 6.45) is 3.53. The van der Waals surface area contributed by atoms with Crippen molar-refractivity contribution in [3.8, 4) is 0 Å². The van der Waals surface area contributed by atoms with E-state index in [0.29, 0.717) is 0 Å². The van der Waals surface area contributed by atoms with E-state index in [0.717, 1.165) is 35.4 Å². The third-order valence-electron chi connectivity index (χ3n) is 3.46. The molecule has 3 nitrogen and oxygen atoms in total. The Morgan fingerprint density at radius 2 is 2.12 bits per heavy atom. The van der Waals surface area contributed by atoms with Gasteiger partial charge in [-0.25, -0.2) is 0 Å². The first-order chi connectivity index (χ1) is 8.09. The van der Waals surface area contributed by atoms with E-state index < -0.39 is 0 Å². The smallest absolute Gasteiger partial charge is 0.264 e. The maximum absolute atomic E-state index is 12.2. The van der Waals surface area contributed by atoms with Crippen LogP contribution in [0.1, 0.15) is 40.2 Å². The summed E-state index contributed by atoms with van der Waals surface area (Å²) in [4.78, 5) is 15.9. The van der Waals surface area contributed by atoms with Gasteiger partial charge in [-0.15, -0.1) is 11.3 Å². The van der Waals surface area contributed by atoms with Gasteiger partial charge in [-0.1, -0.05) is 12.8 Å². The predicted octanol–water partition coefficient (Wildman–Crippen LogP) is 2.43. The molecule has 0 saturated heterocycles. The number of hydrogen-bond acceptors (Lipinski definition) is 3. The third-order valence-corrected chi connectivity index (χ3v) is 4.45. The highest BCUT2D eigenvalue weighted by Gasteiger charge is 2.30. The first-order valence-electron chi connectivity index (χ1n) is 6.11. The molecule has 1 aliphatic carbocycles. The minimum Gasteiger partial charge on any atom is -0.391 e. The van der Waals surface area contributed by atoms with Crippen molar-refractivity contribution in [2.24, 2.45) is 0 Å². The van der Waals surface area contributed by atoms with Crippen LogP contribution in [-0.4, -0.2) is 35.1 Å². The number of aliphatic hydroxyl groups is 1. The van der Waals surface area contributed by atoms with Crippen LogP contribution in [0.5, 0.6) is 0 Å². The standard InChI is InChI=1S/C13H19NO2S/c1-9-7-8-12(17-9)13(16)14(2)10-5-3-4-6-11(10)15/h7-8,10-11,15H,3-6H2,1-2H3. The summed E-state index contributed by atoms with van der Waals surface area (Å²) in [6.45, 7) is 2.00. The first-order valence-corrected chi connectivity index (χ1v) is 6.93. The Labute approximate surface area is 106 Å². The molecule has 0 spiro atoms.